The summed E-state index contributed by atoms with van der Waals surface area (Å²) in [6, 6.07) is 0.508. The van der Waals surface area contributed by atoms with E-state index in [1.165, 1.54) is 19.3 Å². The fourth-order valence-corrected chi connectivity index (χ4v) is 4.81. The standard InChI is InChI=1S/C16H31N3OS/c1-4-17-15(18-10-16(20)5-6-21-11-16)19-14-8-12(2)7-13(3)9-14/h12-14,20H,4-11H2,1-3H3,(H2,17,18,19). The molecule has 0 aromatic rings. The van der Waals surface area contributed by atoms with Gasteiger partial charge in [0, 0.05) is 18.3 Å². The molecule has 0 bridgehead atoms. The summed E-state index contributed by atoms with van der Waals surface area (Å²) in [6.45, 7) is 8.13. The summed E-state index contributed by atoms with van der Waals surface area (Å²) >= 11 is 1.82. The van der Waals surface area contributed by atoms with Crippen LogP contribution in [0.2, 0.25) is 0 Å². The van der Waals surface area contributed by atoms with Gasteiger partial charge in [-0.2, -0.15) is 11.8 Å². The summed E-state index contributed by atoms with van der Waals surface area (Å²) < 4.78 is 0. The molecule has 1 saturated carbocycles. The maximum absolute atomic E-state index is 10.4. The highest BCUT2D eigenvalue weighted by molar-refractivity contribution is 7.99. The van der Waals surface area contributed by atoms with Crippen LogP contribution in [-0.2, 0) is 0 Å². The van der Waals surface area contributed by atoms with Gasteiger partial charge in [-0.1, -0.05) is 13.8 Å². The summed E-state index contributed by atoms with van der Waals surface area (Å²) in [4.78, 5) is 4.64. The van der Waals surface area contributed by atoms with Crippen LogP contribution in [-0.4, -0.2) is 47.3 Å². The fourth-order valence-electron chi connectivity index (χ4n) is 3.53. The van der Waals surface area contributed by atoms with Gasteiger partial charge in [0.1, 0.15) is 0 Å². The van der Waals surface area contributed by atoms with Crippen molar-refractivity contribution in [1.82, 2.24) is 10.6 Å². The Morgan fingerprint density at radius 3 is 2.57 bits per heavy atom. The zero-order valence-corrected chi connectivity index (χ0v) is 14.5. The fraction of sp³-hybridized carbons (Fsp3) is 0.938. The van der Waals surface area contributed by atoms with Gasteiger partial charge in [0.05, 0.1) is 12.1 Å². The molecule has 3 N–H and O–H groups in total. The highest BCUT2D eigenvalue weighted by Crippen LogP contribution is 2.29. The van der Waals surface area contributed by atoms with Gasteiger partial charge < -0.3 is 15.7 Å². The number of aliphatic imine (C=N–C) groups is 1. The minimum absolute atomic E-state index is 0.507. The molecule has 0 spiro atoms. The molecule has 0 amide bonds. The average molecular weight is 314 g/mol. The third-order valence-electron chi connectivity index (χ3n) is 4.48. The van der Waals surface area contributed by atoms with Crippen LogP contribution in [0.1, 0.15) is 46.5 Å². The van der Waals surface area contributed by atoms with E-state index in [1.54, 1.807) is 0 Å². The smallest absolute Gasteiger partial charge is 0.191 e. The maximum atomic E-state index is 10.4. The molecule has 0 aromatic carbocycles. The Balaban J connectivity index is 1.91. The van der Waals surface area contributed by atoms with Crippen molar-refractivity contribution < 1.29 is 5.11 Å². The van der Waals surface area contributed by atoms with Crippen LogP contribution >= 0.6 is 11.8 Å². The van der Waals surface area contributed by atoms with Crippen molar-refractivity contribution in [2.75, 3.05) is 24.6 Å². The summed E-state index contributed by atoms with van der Waals surface area (Å²) in [6.07, 6.45) is 4.63. The molecule has 5 heteroatoms. The summed E-state index contributed by atoms with van der Waals surface area (Å²) in [7, 11) is 0. The summed E-state index contributed by atoms with van der Waals surface area (Å²) in [5.74, 6) is 4.30. The molecule has 122 valence electrons. The first kappa shape index (κ1) is 16.9. The van der Waals surface area contributed by atoms with E-state index in [0.29, 0.717) is 12.6 Å². The molecule has 1 saturated heterocycles. The molecule has 1 aliphatic carbocycles. The number of nitrogens with one attached hydrogen (secondary N) is 2. The summed E-state index contributed by atoms with van der Waals surface area (Å²) in [5.41, 5.74) is -0.597. The number of aliphatic hydroxyl groups is 1. The number of guanidine groups is 1. The Bertz CT molecular complexity index is 345. The largest absolute Gasteiger partial charge is 0.387 e. The van der Waals surface area contributed by atoms with E-state index < -0.39 is 5.60 Å². The first-order valence-electron chi connectivity index (χ1n) is 8.35. The average Bonchev–Trinajstić information content (AvgIpc) is 2.83. The molecular formula is C16H31N3OS. The molecule has 3 atom stereocenters. The van der Waals surface area contributed by atoms with Gasteiger partial charge in [-0.05, 0) is 50.2 Å². The molecule has 21 heavy (non-hydrogen) atoms. The number of nitrogens with zero attached hydrogens (tertiary/aromatic N) is 1. The quantitative estimate of drug-likeness (QED) is 0.550. The van der Waals surface area contributed by atoms with Gasteiger partial charge in [-0.25, -0.2) is 0 Å². The van der Waals surface area contributed by atoms with E-state index in [0.717, 1.165) is 42.3 Å². The monoisotopic (exact) mass is 313 g/mol. The van der Waals surface area contributed by atoms with Crippen LogP contribution in [0.4, 0.5) is 0 Å². The van der Waals surface area contributed by atoms with Crippen molar-refractivity contribution in [3.05, 3.63) is 0 Å². The van der Waals surface area contributed by atoms with Crippen molar-refractivity contribution in [2.24, 2.45) is 16.8 Å². The predicted molar refractivity (Wildman–Crippen MR) is 92.0 cm³/mol. The Labute approximate surface area is 133 Å². The van der Waals surface area contributed by atoms with E-state index in [1.807, 2.05) is 11.8 Å². The predicted octanol–water partition coefficient (Wildman–Crippen LogP) is 2.23. The van der Waals surface area contributed by atoms with Gasteiger partial charge in [0.15, 0.2) is 5.96 Å². The maximum Gasteiger partial charge on any atom is 0.191 e. The molecule has 4 nitrogen and oxygen atoms in total. The molecule has 1 heterocycles. The number of thioether (sulfide) groups is 1. The minimum atomic E-state index is -0.597. The third kappa shape index (κ3) is 5.37. The second kappa shape index (κ2) is 7.73. The van der Waals surface area contributed by atoms with Crippen LogP contribution in [0.3, 0.4) is 0 Å². The second-order valence-corrected chi connectivity index (χ2v) is 8.09. The van der Waals surface area contributed by atoms with E-state index in [-0.39, 0.29) is 0 Å². The van der Waals surface area contributed by atoms with Gasteiger partial charge >= 0.3 is 0 Å². The Morgan fingerprint density at radius 1 is 1.29 bits per heavy atom. The van der Waals surface area contributed by atoms with Gasteiger partial charge in [0.2, 0.25) is 0 Å². The second-order valence-electron chi connectivity index (χ2n) is 6.98. The Morgan fingerprint density at radius 2 is 2.00 bits per heavy atom. The zero-order chi connectivity index (χ0) is 15.3. The van der Waals surface area contributed by atoms with E-state index in [9.17, 15) is 5.11 Å². The van der Waals surface area contributed by atoms with E-state index in [2.05, 4.69) is 36.4 Å². The normalized spacial score (nSPS) is 37.5. The Hall–Kier alpha value is -0.420. The summed E-state index contributed by atoms with van der Waals surface area (Å²) in [5, 5.41) is 17.3. The van der Waals surface area contributed by atoms with Gasteiger partial charge in [0.25, 0.3) is 0 Å². The van der Waals surface area contributed by atoms with Gasteiger partial charge in [-0.15, -0.1) is 0 Å². The first-order valence-corrected chi connectivity index (χ1v) is 9.51. The molecular weight excluding hydrogens is 282 g/mol. The van der Waals surface area contributed by atoms with Gasteiger partial charge in [-0.3, -0.25) is 4.99 Å². The van der Waals surface area contributed by atoms with Crippen LogP contribution < -0.4 is 10.6 Å². The highest BCUT2D eigenvalue weighted by atomic mass is 32.2. The third-order valence-corrected chi connectivity index (χ3v) is 5.71. The van der Waals surface area contributed by atoms with Crippen molar-refractivity contribution in [3.63, 3.8) is 0 Å². The lowest BCUT2D eigenvalue weighted by Crippen LogP contribution is -2.47. The van der Waals surface area contributed by atoms with Crippen LogP contribution in [0.15, 0.2) is 4.99 Å². The van der Waals surface area contributed by atoms with Crippen molar-refractivity contribution in [2.45, 2.75) is 58.1 Å². The lowest BCUT2D eigenvalue weighted by molar-refractivity contribution is 0.0778. The molecule has 2 rings (SSSR count). The SMILES string of the molecule is CCNC(=NCC1(O)CCSC1)NC1CC(C)CC(C)C1. The van der Waals surface area contributed by atoms with Crippen LogP contribution in [0.25, 0.3) is 0 Å². The molecule has 0 aromatic heterocycles. The highest BCUT2D eigenvalue weighted by Gasteiger charge is 2.31. The van der Waals surface area contributed by atoms with E-state index in [4.69, 9.17) is 0 Å². The van der Waals surface area contributed by atoms with Crippen LogP contribution in [0, 0.1) is 11.8 Å². The number of hydrogen-bond acceptors (Lipinski definition) is 3. The molecule has 3 unspecified atom stereocenters. The van der Waals surface area contributed by atoms with Crippen molar-refractivity contribution >= 4 is 17.7 Å². The molecule has 2 aliphatic rings. The van der Waals surface area contributed by atoms with Crippen LogP contribution in [0.5, 0.6) is 0 Å². The first-order chi connectivity index (χ1) is 10.0. The number of hydrogen-bond donors (Lipinski definition) is 3. The minimum Gasteiger partial charge on any atom is -0.387 e. The Kier molecular flexibility index (Phi) is 6.23. The molecule has 2 fully saturated rings. The number of rotatable bonds is 4. The van der Waals surface area contributed by atoms with Crippen molar-refractivity contribution in [3.8, 4) is 0 Å². The topological polar surface area (TPSA) is 56.7 Å². The lowest BCUT2D eigenvalue weighted by Gasteiger charge is -2.33. The van der Waals surface area contributed by atoms with Crippen molar-refractivity contribution in [1.29, 1.82) is 0 Å². The molecule has 0 radical (unpaired) electrons. The zero-order valence-electron chi connectivity index (χ0n) is 13.7. The lowest BCUT2D eigenvalue weighted by atomic mass is 9.80. The molecule has 1 aliphatic heterocycles. The van der Waals surface area contributed by atoms with E-state index >= 15 is 0 Å².